The van der Waals surface area contributed by atoms with Crippen LogP contribution >= 0.6 is 23.3 Å². The van der Waals surface area contributed by atoms with E-state index >= 15 is 0 Å². The van der Waals surface area contributed by atoms with Gasteiger partial charge in [0.15, 0.2) is 5.13 Å². The number of rotatable bonds is 0. The Balaban J connectivity index is 1.63. The fraction of sp³-hybridized carbons (Fsp3) is 0.333. The lowest BCUT2D eigenvalue weighted by Gasteiger charge is -2.09. The highest BCUT2D eigenvalue weighted by Gasteiger charge is 2.13. The van der Waals surface area contributed by atoms with E-state index in [1.807, 2.05) is 18.2 Å². The predicted molar refractivity (Wildman–Crippen MR) is 117 cm³/mol. The van der Waals surface area contributed by atoms with Gasteiger partial charge in [-0.05, 0) is 43.9 Å². The first-order valence-electron chi connectivity index (χ1n) is 9.49. The zero-order valence-corrected chi connectivity index (χ0v) is 17.1. The summed E-state index contributed by atoms with van der Waals surface area (Å²) in [6.45, 7) is 3.13. The molecule has 4 bridgehead atoms. The summed E-state index contributed by atoms with van der Waals surface area (Å²) in [5, 5.41) is 5.31. The van der Waals surface area contributed by atoms with E-state index in [1.165, 1.54) is 53.6 Å². The van der Waals surface area contributed by atoms with Gasteiger partial charge in [-0.25, -0.2) is 9.97 Å². The van der Waals surface area contributed by atoms with Crippen molar-refractivity contribution in [1.29, 1.82) is 0 Å². The Morgan fingerprint density at radius 1 is 0.926 bits per heavy atom. The van der Waals surface area contributed by atoms with Crippen molar-refractivity contribution in [2.24, 2.45) is 0 Å². The summed E-state index contributed by atoms with van der Waals surface area (Å²) in [5.74, 6) is 0.939. The van der Waals surface area contributed by atoms with Gasteiger partial charge in [0.1, 0.15) is 10.8 Å². The van der Waals surface area contributed by atoms with Gasteiger partial charge in [-0.1, -0.05) is 43.2 Å². The number of nitrogens with one attached hydrogen (secondary N) is 2. The highest BCUT2D eigenvalue weighted by Crippen LogP contribution is 2.34. The highest BCUT2D eigenvalue weighted by atomic mass is 32.2. The molecule has 0 atom stereocenters. The third-order valence-corrected chi connectivity index (χ3v) is 6.46. The number of pyridine rings is 1. The van der Waals surface area contributed by atoms with Gasteiger partial charge in [-0.15, -0.1) is 11.3 Å². The number of hydrogen-bond donors (Lipinski definition) is 2. The summed E-state index contributed by atoms with van der Waals surface area (Å²) in [4.78, 5) is 10.8. The van der Waals surface area contributed by atoms with Gasteiger partial charge >= 0.3 is 0 Å². The molecule has 0 saturated heterocycles. The Labute approximate surface area is 169 Å². The first-order valence-corrected chi connectivity index (χ1v) is 11.1. The number of fused-ring (bicyclic) bond motifs is 6. The van der Waals surface area contributed by atoms with Crippen molar-refractivity contribution < 1.29 is 0 Å². The first kappa shape index (κ1) is 18.3. The summed E-state index contributed by atoms with van der Waals surface area (Å²) in [6, 6.07) is 14.8. The van der Waals surface area contributed by atoms with Crippen molar-refractivity contribution in [3.05, 3.63) is 52.9 Å². The van der Waals surface area contributed by atoms with Gasteiger partial charge in [0.05, 0.1) is 5.69 Å². The van der Waals surface area contributed by atoms with Gasteiger partial charge < -0.3 is 10.0 Å². The first-order chi connectivity index (χ1) is 13.3. The Hall–Kier alpha value is -2.05. The molecule has 3 aromatic rings. The lowest BCUT2D eigenvalue weighted by atomic mass is 9.98. The number of aryl methyl sites for hydroxylation is 2. The molecule has 0 radical (unpaired) electrons. The minimum Gasteiger partial charge on any atom is -0.370 e. The average molecular weight is 397 g/mol. The minimum atomic E-state index is 0.923. The molecule has 6 heteroatoms. The van der Waals surface area contributed by atoms with Crippen LogP contribution in [-0.4, -0.2) is 16.5 Å². The van der Waals surface area contributed by atoms with Gasteiger partial charge in [0.2, 0.25) is 0 Å². The second-order valence-corrected chi connectivity index (χ2v) is 8.77. The third-order valence-electron chi connectivity index (χ3n) is 4.71. The topological polar surface area (TPSA) is 49.8 Å². The van der Waals surface area contributed by atoms with E-state index in [1.54, 1.807) is 11.3 Å². The molecule has 2 aromatic heterocycles. The second kappa shape index (κ2) is 8.76. The van der Waals surface area contributed by atoms with E-state index in [0.29, 0.717) is 0 Å². The summed E-state index contributed by atoms with van der Waals surface area (Å²) in [7, 11) is 0. The van der Waals surface area contributed by atoms with E-state index < -0.39 is 0 Å². The average Bonchev–Trinajstić information content (AvgIpc) is 3.06. The number of nitrogens with zero attached hydrogens (tertiary/aromatic N) is 2. The predicted octanol–water partition coefficient (Wildman–Crippen LogP) is 6.16. The Morgan fingerprint density at radius 2 is 1.81 bits per heavy atom. The van der Waals surface area contributed by atoms with Crippen LogP contribution in [0.15, 0.2) is 47.5 Å². The molecule has 140 valence electrons. The second-order valence-electron chi connectivity index (χ2n) is 6.74. The van der Waals surface area contributed by atoms with Crippen molar-refractivity contribution in [3.8, 4) is 11.3 Å². The molecule has 0 spiro atoms. The fourth-order valence-electron chi connectivity index (χ4n) is 3.34. The molecule has 4 rings (SSSR count). The van der Waals surface area contributed by atoms with Crippen LogP contribution in [0.2, 0.25) is 0 Å². The van der Waals surface area contributed by atoms with Gasteiger partial charge in [0, 0.05) is 28.9 Å². The number of aromatic nitrogens is 2. The Bertz CT molecular complexity index is 907. The Morgan fingerprint density at radius 3 is 2.78 bits per heavy atom. The standard InChI is InChI=1S/C21H24N4S2/c1-15-20-17-11-6-5-10-16(17)9-4-2-3-7-14-22-18-12-8-13-19(23-18)27-25-21(24-20)26-15/h5-6,8,10-13H,2-4,7,9,14H2,1H3,(H,22,23)(H,24,25). The van der Waals surface area contributed by atoms with E-state index in [9.17, 15) is 0 Å². The van der Waals surface area contributed by atoms with Gasteiger partial charge in [-0.2, -0.15) is 0 Å². The van der Waals surface area contributed by atoms with Crippen molar-refractivity contribution in [2.45, 2.75) is 44.1 Å². The van der Waals surface area contributed by atoms with Crippen LogP contribution in [0.1, 0.15) is 36.1 Å². The number of benzene rings is 1. The van der Waals surface area contributed by atoms with Crippen molar-refractivity contribution >= 4 is 34.2 Å². The monoisotopic (exact) mass is 396 g/mol. The van der Waals surface area contributed by atoms with Crippen LogP contribution < -0.4 is 10.0 Å². The molecule has 27 heavy (non-hydrogen) atoms. The minimum absolute atomic E-state index is 0.923. The zero-order chi connectivity index (χ0) is 18.5. The van der Waals surface area contributed by atoms with E-state index in [4.69, 9.17) is 4.98 Å². The Kier molecular flexibility index (Phi) is 5.94. The van der Waals surface area contributed by atoms with Crippen LogP contribution in [0, 0.1) is 6.92 Å². The van der Waals surface area contributed by atoms with Crippen molar-refractivity contribution in [2.75, 3.05) is 16.6 Å². The third kappa shape index (κ3) is 4.62. The number of anilines is 2. The molecular weight excluding hydrogens is 372 g/mol. The molecule has 0 unspecified atom stereocenters. The van der Waals surface area contributed by atoms with E-state index in [0.717, 1.165) is 34.6 Å². The van der Waals surface area contributed by atoms with Crippen LogP contribution in [0.5, 0.6) is 0 Å². The summed E-state index contributed by atoms with van der Waals surface area (Å²) < 4.78 is 3.37. The van der Waals surface area contributed by atoms with Gasteiger partial charge in [0.25, 0.3) is 0 Å². The normalized spacial score (nSPS) is 15.1. The molecule has 1 aliphatic rings. The molecule has 0 fully saturated rings. The fourth-order valence-corrected chi connectivity index (χ4v) is 4.83. The molecule has 4 nitrogen and oxygen atoms in total. The van der Waals surface area contributed by atoms with Crippen LogP contribution in [0.3, 0.4) is 0 Å². The summed E-state index contributed by atoms with van der Waals surface area (Å²) in [5.41, 5.74) is 3.78. The molecule has 0 aliphatic carbocycles. The molecule has 2 N–H and O–H groups in total. The largest absolute Gasteiger partial charge is 0.370 e. The van der Waals surface area contributed by atoms with Crippen LogP contribution in [-0.2, 0) is 6.42 Å². The van der Waals surface area contributed by atoms with Crippen LogP contribution in [0.4, 0.5) is 10.9 Å². The quantitative estimate of drug-likeness (QED) is 0.446. The molecule has 3 heterocycles. The van der Waals surface area contributed by atoms with Crippen molar-refractivity contribution in [1.82, 2.24) is 9.97 Å². The smallest absolute Gasteiger partial charge is 0.193 e. The highest BCUT2D eigenvalue weighted by molar-refractivity contribution is 8.00. The van der Waals surface area contributed by atoms with Crippen molar-refractivity contribution in [3.63, 3.8) is 0 Å². The summed E-state index contributed by atoms with van der Waals surface area (Å²) in [6.07, 6.45) is 6.00. The molecule has 0 saturated carbocycles. The maximum Gasteiger partial charge on any atom is 0.193 e. The molecule has 1 aliphatic heterocycles. The van der Waals surface area contributed by atoms with Crippen LogP contribution in [0.25, 0.3) is 11.3 Å². The number of hydrogen-bond acceptors (Lipinski definition) is 6. The SMILES string of the molecule is Cc1sc2nc1-c1ccccc1CCCCCCNc1cccc(n1)SN2. The number of thiazole rings is 1. The molecule has 0 amide bonds. The van der Waals surface area contributed by atoms with Gasteiger partial charge in [-0.3, -0.25) is 0 Å². The maximum atomic E-state index is 4.88. The maximum absolute atomic E-state index is 4.88. The lowest BCUT2D eigenvalue weighted by molar-refractivity contribution is 0.654. The molecule has 1 aromatic carbocycles. The molecular formula is C21H24N4S2. The van der Waals surface area contributed by atoms with E-state index in [2.05, 4.69) is 46.2 Å². The zero-order valence-electron chi connectivity index (χ0n) is 15.5. The summed E-state index contributed by atoms with van der Waals surface area (Å²) >= 11 is 3.21. The van der Waals surface area contributed by atoms with E-state index in [-0.39, 0.29) is 0 Å². The lowest BCUT2D eigenvalue weighted by Crippen LogP contribution is -2.03.